The Kier molecular flexibility index (Phi) is 4.31. The number of rotatable bonds is 1. The lowest BCUT2D eigenvalue weighted by Crippen LogP contribution is -2.48. The van der Waals surface area contributed by atoms with Crippen LogP contribution in [0, 0.1) is 0 Å². The van der Waals surface area contributed by atoms with E-state index < -0.39 is 0 Å². The monoisotopic (exact) mass is 255 g/mol. The number of urea groups is 1. The minimum Gasteiger partial charge on any atom is -0.341 e. The molecule has 0 aromatic carbocycles. The van der Waals surface area contributed by atoms with Gasteiger partial charge in [-0.1, -0.05) is 37.9 Å². The molecule has 0 saturated heterocycles. The number of carbonyl (C=O) groups excluding carboxylic acids is 1. The zero-order valence-corrected chi connectivity index (χ0v) is 11.4. The third-order valence-electron chi connectivity index (χ3n) is 3.37. The maximum absolute atomic E-state index is 12.0. The molecule has 1 aliphatic heterocycles. The first-order valence-corrected chi connectivity index (χ1v) is 7.32. The van der Waals surface area contributed by atoms with E-state index >= 15 is 0 Å². The van der Waals surface area contributed by atoms with Gasteiger partial charge in [-0.2, -0.15) is 0 Å². The number of nitrogens with one attached hydrogen (secondary N) is 1. The highest BCUT2D eigenvalue weighted by molar-refractivity contribution is 8.14. The lowest BCUT2D eigenvalue weighted by molar-refractivity contribution is 0.199. The van der Waals surface area contributed by atoms with Gasteiger partial charge >= 0.3 is 6.03 Å². The summed E-state index contributed by atoms with van der Waals surface area (Å²) in [5.74, 6) is 0. The zero-order chi connectivity index (χ0) is 12.3. The molecule has 1 aliphatic carbocycles. The number of nitrogens with zero attached hydrogens (tertiary/aromatic N) is 2. The molecule has 2 aliphatic rings. The molecule has 1 heterocycles. The normalized spacial score (nSPS) is 25.5. The smallest absolute Gasteiger partial charge is 0.323 e. The van der Waals surface area contributed by atoms with Crippen LogP contribution in [-0.4, -0.2) is 41.0 Å². The van der Waals surface area contributed by atoms with Crippen LogP contribution in [-0.2, 0) is 0 Å². The molecule has 96 valence electrons. The number of aliphatic imine (C=N–C) groups is 1. The van der Waals surface area contributed by atoms with Crippen molar-refractivity contribution < 1.29 is 4.79 Å². The van der Waals surface area contributed by atoms with Gasteiger partial charge in [0.15, 0.2) is 5.17 Å². The Labute approximate surface area is 107 Å². The zero-order valence-electron chi connectivity index (χ0n) is 10.6. The van der Waals surface area contributed by atoms with Crippen LogP contribution >= 0.6 is 11.8 Å². The summed E-state index contributed by atoms with van der Waals surface area (Å²) in [7, 11) is 1.70. The summed E-state index contributed by atoms with van der Waals surface area (Å²) in [5, 5.41) is 4.17. The van der Waals surface area contributed by atoms with Crippen molar-refractivity contribution in [3.05, 3.63) is 0 Å². The van der Waals surface area contributed by atoms with E-state index in [2.05, 4.69) is 17.2 Å². The van der Waals surface area contributed by atoms with E-state index in [-0.39, 0.29) is 6.03 Å². The second-order valence-electron chi connectivity index (χ2n) is 4.77. The first kappa shape index (κ1) is 12.7. The molecule has 0 unspecified atom stereocenters. The molecule has 17 heavy (non-hydrogen) atoms. The van der Waals surface area contributed by atoms with E-state index in [0.29, 0.717) is 11.3 Å². The highest BCUT2D eigenvalue weighted by Gasteiger charge is 2.32. The van der Waals surface area contributed by atoms with Crippen LogP contribution in [0.3, 0.4) is 0 Å². The molecular formula is C12H21N3OS. The Morgan fingerprint density at radius 2 is 2.12 bits per heavy atom. The number of amidine groups is 1. The molecule has 0 radical (unpaired) electrons. The van der Waals surface area contributed by atoms with Crippen LogP contribution in [0.15, 0.2) is 4.99 Å². The average molecular weight is 255 g/mol. The van der Waals surface area contributed by atoms with Crippen molar-refractivity contribution in [1.29, 1.82) is 0 Å². The Bertz CT molecular complexity index is 313. The lowest BCUT2D eigenvalue weighted by Gasteiger charge is -2.33. The van der Waals surface area contributed by atoms with Crippen LogP contribution < -0.4 is 5.32 Å². The van der Waals surface area contributed by atoms with E-state index in [4.69, 9.17) is 0 Å². The fourth-order valence-corrected chi connectivity index (χ4v) is 3.47. The summed E-state index contributed by atoms with van der Waals surface area (Å²) in [6.07, 6.45) is 5.98. The van der Waals surface area contributed by atoms with Gasteiger partial charge < -0.3 is 5.32 Å². The molecule has 1 saturated carbocycles. The lowest BCUT2D eigenvalue weighted by atomic mass is 9.94. The Morgan fingerprint density at radius 1 is 1.41 bits per heavy atom. The van der Waals surface area contributed by atoms with Crippen molar-refractivity contribution in [2.45, 2.75) is 50.3 Å². The molecule has 4 nitrogen and oxygen atoms in total. The summed E-state index contributed by atoms with van der Waals surface area (Å²) < 4.78 is 0. The largest absolute Gasteiger partial charge is 0.341 e. The summed E-state index contributed by atoms with van der Waals surface area (Å²) in [6, 6.07) is 0.345. The fraction of sp³-hybridized carbons (Fsp3) is 0.833. The second kappa shape index (κ2) is 5.76. The number of carbonyl (C=O) groups is 1. The highest BCUT2D eigenvalue weighted by atomic mass is 32.2. The summed E-state index contributed by atoms with van der Waals surface area (Å²) in [6.45, 7) is 2.99. The summed E-state index contributed by atoms with van der Waals surface area (Å²) in [5.41, 5.74) is 0. The number of hydrogen-bond donors (Lipinski definition) is 1. The first-order valence-electron chi connectivity index (χ1n) is 6.44. The van der Waals surface area contributed by atoms with Gasteiger partial charge in [0, 0.05) is 18.3 Å². The van der Waals surface area contributed by atoms with E-state index in [9.17, 15) is 4.79 Å². The minimum atomic E-state index is -0.00255. The van der Waals surface area contributed by atoms with Crippen molar-refractivity contribution in [3.63, 3.8) is 0 Å². The Morgan fingerprint density at radius 3 is 2.65 bits per heavy atom. The molecule has 1 N–H and O–H groups in total. The molecule has 1 fully saturated rings. The van der Waals surface area contributed by atoms with E-state index in [1.807, 2.05) is 4.90 Å². The number of thioether (sulfide) groups is 1. The maximum atomic E-state index is 12.0. The van der Waals surface area contributed by atoms with Crippen LogP contribution in [0.4, 0.5) is 4.79 Å². The quantitative estimate of drug-likeness (QED) is 0.782. The molecule has 1 atom stereocenters. The maximum Gasteiger partial charge on any atom is 0.323 e. The average Bonchev–Trinajstić information content (AvgIpc) is 2.77. The van der Waals surface area contributed by atoms with Crippen molar-refractivity contribution in [2.24, 2.45) is 4.99 Å². The van der Waals surface area contributed by atoms with Gasteiger partial charge in [-0.3, -0.25) is 9.89 Å². The van der Waals surface area contributed by atoms with Gasteiger partial charge in [-0.25, -0.2) is 4.79 Å². The van der Waals surface area contributed by atoms with Crippen molar-refractivity contribution >= 4 is 23.0 Å². The molecule has 0 bridgehead atoms. The molecule has 5 heteroatoms. The highest BCUT2D eigenvalue weighted by Crippen LogP contribution is 2.29. The fourth-order valence-electron chi connectivity index (χ4n) is 2.46. The molecule has 2 rings (SSSR count). The Balaban J connectivity index is 2.10. The van der Waals surface area contributed by atoms with Gasteiger partial charge in [-0.05, 0) is 12.8 Å². The van der Waals surface area contributed by atoms with Crippen LogP contribution in [0.5, 0.6) is 0 Å². The molecule has 0 aromatic heterocycles. The summed E-state index contributed by atoms with van der Waals surface area (Å²) >= 11 is 1.73. The van der Waals surface area contributed by atoms with Gasteiger partial charge in [0.2, 0.25) is 0 Å². The van der Waals surface area contributed by atoms with Gasteiger partial charge in [0.25, 0.3) is 0 Å². The van der Waals surface area contributed by atoms with Gasteiger partial charge in [0.05, 0.1) is 6.54 Å². The molecule has 2 amide bonds. The topological polar surface area (TPSA) is 44.7 Å². The minimum absolute atomic E-state index is 0.00255. The van der Waals surface area contributed by atoms with Gasteiger partial charge in [0.1, 0.15) is 0 Å². The van der Waals surface area contributed by atoms with Crippen molar-refractivity contribution in [2.75, 3.05) is 13.6 Å². The Hall–Kier alpha value is -0.710. The van der Waals surface area contributed by atoms with Crippen LogP contribution in [0.25, 0.3) is 0 Å². The third-order valence-corrected chi connectivity index (χ3v) is 4.46. The van der Waals surface area contributed by atoms with Gasteiger partial charge in [-0.15, -0.1) is 0 Å². The first-order chi connectivity index (χ1) is 8.22. The van der Waals surface area contributed by atoms with E-state index in [1.165, 1.54) is 19.3 Å². The number of amides is 2. The molecule has 0 spiro atoms. The predicted octanol–water partition coefficient (Wildman–Crippen LogP) is 2.45. The SMILES string of the molecule is CNC(=O)N(C1=NC[C@@H](C)S1)C1CCCCC1. The number of hydrogen-bond acceptors (Lipinski definition) is 3. The van der Waals surface area contributed by atoms with Crippen LogP contribution in [0.2, 0.25) is 0 Å². The van der Waals surface area contributed by atoms with Crippen LogP contribution in [0.1, 0.15) is 39.0 Å². The standard InChI is InChI=1S/C12H21N3OS/c1-9-8-14-12(17-9)15(11(16)13-2)10-6-4-3-5-7-10/h9-10H,3-8H2,1-2H3,(H,13,16)/t9-/m1/s1. The third kappa shape index (κ3) is 2.94. The van der Waals surface area contributed by atoms with E-state index in [1.54, 1.807) is 18.8 Å². The molecule has 0 aromatic rings. The van der Waals surface area contributed by atoms with Crippen molar-refractivity contribution in [3.8, 4) is 0 Å². The van der Waals surface area contributed by atoms with E-state index in [0.717, 1.165) is 24.6 Å². The van der Waals surface area contributed by atoms with Crippen molar-refractivity contribution in [1.82, 2.24) is 10.2 Å². The second-order valence-corrected chi connectivity index (χ2v) is 6.17. The summed E-state index contributed by atoms with van der Waals surface area (Å²) in [4.78, 5) is 18.4. The molecular weight excluding hydrogens is 234 g/mol. The predicted molar refractivity (Wildman–Crippen MR) is 72.5 cm³/mol.